The molecule has 1 N–H and O–H groups in total. The number of carbonyl (C=O) groups excluding carboxylic acids is 1. The zero-order valence-electron chi connectivity index (χ0n) is 9.03. The molecule has 5 heteroatoms. The summed E-state index contributed by atoms with van der Waals surface area (Å²) >= 11 is 3.42. The van der Waals surface area contributed by atoms with Crippen LogP contribution in [0.3, 0.4) is 0 Å². The maximum Gasteiger partial charge on any atom is 0.235 e. The van der Waals surface area contributed by atoms with E-state index in [1.165, 1.54) is 0 Å². The number of aromatic nitrogens is 2. The monoisotopic (exact) mass is 291 g/mol. The Hall–Kier alpha value is -1.45. The van der Waals surface area contributed by atoms with Crippen molar-refractivity contribution in [1.29, 1.82) is 0 Å². The molecule has 1 aliphatic rings. The van der Waals surface area contributed by atoms with Crippen molar-refractivity contribution >= 4 is 32.9 Å². The Labute approximate surface area is 106 Å². The molecule has 86 valence electrons. The van der Waals surface area contributed by atoms with Crippen molar-refractivity contribution in [2.24, 2.45) is 4.99 Å². The third-order valence-corrected chi connectivity index (χ3v) is 4.09. The maximum absolute atomic E-state index is 10.5. The van der Waals surface area contributed by atoms with Crippen molar-refractivity contribution in [2.75, 3.05) is 0 Å². The highest BCUT2D eigenvalue weighted by atomic mass is 79.9. The van der Waals surface area contributed by atoms with Gasteiger partial charge in [-0.25, -0.2) is 4.79 Å². The lowest BCUT2D eigenvalue weighted by molar-refractivity contribution is 0.256. The molecule has 2 aromatic rings. The van der Waals surface area contributed by atoms with Crippen molar-refractivity contribution in [3.05, 3.63) is 28.4 Å². The second kappa shape index (κ2) is 3.79. The van der Waals surface area contributed by atoms with E-state index >= 15 is 0 Å². The summed E-state index contributed by atoms with van der Waals surface area (Å²) in [6, 6.07) is 5.99. The fourth-order valence-corrected chi connectivity index (χ4v) is 2.74. The van der Waals surface area contributed by atoms with Gasteiger partial charge in [-0.1, -0.05) is 6.07 Å². The average Bonchev–Trinajstić information content (AvgIpc) is 2.65. The molecule has 0 amide bonds. The molecule has 0 bridgehead atoms. The van der Waals surface area contributed by atoms with Gasteiger partial charge in [-0.05, 0) is 52.9 Å². The molecule has 0 radical (unpaired) electrons. The van der Waals surface area contributed by atoms with Crippen molar-refractivity contribution in [2.45, 2.75) is 24.8 Å². The zero-order chi connectivity index (χ0) is 11.9. The summed E-state index contributed by atoms with van der Waals surface area (Å²) in [5.41, 5.74) is 1.64. The number of nitrogens with one attached hydrogen (secondary N) is 1. The van der Waals surface area contributed by atoms with Crippen LogP contribution in [0.25, 0.3) is 10.9 Å². The Balaban J connectivity index is 2.16. The van der Waals surface area contributed by atoms with Crippen molar-refractivity contribution in [3.8, 4) is 0 Å². The van der Waals surface area contributed by atoms with Crippen LogP contribution >= 0.6 is 15.9 Å². The normalized spacial score (nSPS) is 17.5. The van der Waals surface area contributed by atoms with E-state index in [4.69, 9.17) is 0 Å². The topological polar surface area (TPSA) is 58.1 Å². The van der Waals surface area contributed by atoms with E-state index in [9.17, 15) is 4.79 Å². The maximum atomic E-state index is 10.5. The second-order valence-electron chi connectivity index (χ2n) is 4.36. The van der Waals surface area contributed by atoms with Crippen LogP contribution in [0.4, 0.5) is 0 Å². The molecule has 1 aliphatic carbocycles. The number of isocyanates is 1. The first-order valence-corrected chi connectivity index (χ1v) is 6.28. The molecular formula is C12H10BrN3O. The number of H-pyrrole nitrogens is 1. The van der Waals surface area contributed by atoms with Crippen LogP contribution in [0.15, 0.2) is 27.8 Å². The van der Waals surface area contributed by atoms with E-state index in [1.807, 2.05) is 18.2 Å². The van der Waals surface area contributed by atoms with Gasteiger partial charge in [-0.3, -0.25) is 5.10 Å². The molecule has 1 aromatic heterocycles. The van der Waals surface area contributed by atoms with Crippen LogP contribution in [0.2, 0.25) is 0 Å². The second-order valence-corrected chi connectivity index (χ2v) is 5.15. The first-order valence-electron chi connectivity index (χ1n) is 5.48. The highest BCUT2D eigenvalue weighted by Gasteiger charge is 2.39. The predicted octanol–water partition coefficient (Wildman–Crippen LogP) is 3.04. The van der Waals surface area contributed by atoms with Gasteiger partial charge < -0.3 is 0 Å². The number of aromatic amines is 1. The quantitative estimate of drug-likeness (QED) is 0.683. The molecule has 0 unspecified atom stereocenters. The van der Waals surface area contributed by atoms with Crippen molar-refractivity contribution in [3.63, 3.8) is 0 Å². The van der Waals surface area contributed by atoms with Gasteiger partial charge in [-0.15, -0.1) is 0 Å². The van der Waals surface area contributed by atoms with Crippen LogP contribution in [-0.4, -0.2) is 16.3 Å². The van der Waals surface area contributed by atoms with Crippen LogP contribution in [-0.2, 0) is 10.3 Å². The van der Waals surface area contributed by atoms with E-state index in [1.54, 1.807) is 6.08 Å². The largest absolute Gasteiger partial charge is 0.270 e. The number of benzene rings is 1. The number of hydrogen-bond donors (Lipinski definition) is 1. The predicted molar refractivity (Wildman–Crippen MR) is 67.4 cm³/mol. The lowest BCUT2D eigenvalue weighted by Crippen LogP contribution is -2.31. The van der Waals surface area contributed by atoms with E-state index in [0.29, 0.717) is 0 Å². The first kappa shape index (κ1) is 10.7. The molecule has 3 rings (SSSR count). The minimum absolute atomic E-state index is 0.341. The van der Waals surface area contributed by atoms with Crippen LogP contribution in [0.5, 0.6) is 0 Å². The van der Waals surface area contributed by atoms with Gasteiger partial charge in [-0.2, -0.15) is 10.1 Å². The SMILES string of the molecule is O=C=NC1(c2ccc3n[nH]c(Br)c3c2)CCC1. The minimum atomic E-state index is -0.341. The summed E-state index contributed by atoms with van der Waals surface area (Å²) in [5.74, 6) is 0. The number of aliphatic imine (C=N–C) groups is 1. The summed E-state index contributed by atoms with van der Waals surface area (Å²) < 4.78 is 0.860. The summed E-state index contributed by atoms with van der Waals surface area (Å²) in [6.07, 6.45) is 4.65. The zero-order valence-corrected chi connectivity index (χ0v) is 10.6. The van der Waals surface area contributed by atoms with E-state index in [2.05, 4.69) is 31.1 Å². The van der Waals surface area contributed by atoms with Gasteiger partial charge in [0.05, 0.1) is 11.1 Å². The van der Waals surface area contributed by atoms with E-state index < -0.39 is 0 Å². The molecule has 0 aliphatic heterocycles. The molecule has 0 spiro atoms. The fourth-order valence-electron chi connectivity index (χ4n) is 2.33. The van der Waals surface area contributed by atoms with Crippen molar-refractivity contribution in [1.82, 2.24) is 10.2 Å². The highest BCUT2D eigenvalue weighted by Crippen LogP contribution is 2.45. The number of rotatable bonds is 2. The number of halogens is 1. The Morgan fingerprint density at radius 3 is 2.94 bits per heavy atom. The Morgan fingerprint density at radius 1 is 1.47 bits per heavy atom. The molecular weight excluding hydrogens is 282 g/mol. The molecule has 0 saturated heterocycles. The summed E-state index contributed by atoms with van der Waals surface area (Å²) in [4.78, 5) is 14.5. The minimum Gasteiger partial charge on any atom is -0.270 e. The third-order valence-electron chi connectivity index (χ3n) is 3.49. The summed E-state index contributed by atoms with van der Waals surface area (Å²) in [7, 11) is 0. The lowest BCUT2D eigenvalue weighted by Gasteiger charge is -2.37. The Kier molecular flexibility index (Phi) is 2.38. The first-order chi connectivity index (χ1) is 8.25. The Bertz CT molecular complexity index is 624. The molecule has 1 fully saturated rings. The molecule has 4 nitrogen and oxygen atoms in total. The van der Waals surface area contributed by atoms with Crippen LogP contribution in [0, 0.1) is 0 Å². The number of hydrogen-bond acceptors (Lipinski definition) is 3. The number of nitrogens with zero attached hydrogens (tertiary/aromatic N) is 2. The highest BCUT2D eigenvalue weighted by molar-refractivity contribution is 9.10. The van der Waals surface area contributed by atoms with Gasteiger partial charge in [0.25, 0.3) is 0 Å². The lowest BCUT2D eigenvalue weighted by atomic mass is 9.72. The van der Waals surface area contributed by atoms with Crippen molar-refractivity contribution < 1.29 is 4.79 Å². The average molecular weight is 292 g/mol. The molecule has 17 heavy (non-hydrogen) atoms. The molecule has 1 aromatic carbocycles. The van der Waals surface area contributed by atoms with Crippen LogP contribution < -0.4 is 0 Å². The van der Waals surface area contributed by atoms with E-state index in [0.717, 1.165) is 40.3 Å². The molecule has 1 heterocycles. The van der Waals surface area contributed by atoms with Gasteiger partial charge >= 0.3 is 0 Å². The van der Waals surface area contributed by atoms with Gasteiger partial charge in [0.2, 0.25) is 6.08 Å². The summed E-state index contributed by atoms with van der Waals surface area (Å²) in [6.45, 7) is 0. The number of fused-ring (bicyclic) bond motifs is 1. The van der Waals surface area contributed by atoms with Gasteiger partial charge in [0, 0.05) is 5.39 Å². The third kappa shape index (κ3) is 1.54. The van der Waals surface area contributed by atoms with E-state index in [-0.39, 0.29) is 5.54 Å². The standard InChI is InChI=1S/C12H10BrN3O/c13-11-9-6-8(2-3-10(9)15-16-11)12(14-7-17)4-1-5-12/h2-3,6H,1,4-5H2,(H,15,16). The summed E-state index contributed by atoms with van der Waals surface area (Å²) in [5, 5.41) is 8.06. The van der Waals surface area contributed by atoms with Gasteiger partial charge in [0.15, 0.2) is 0 Å². The fraction of sp³-hybridized carbons (Fsp3) is 0.333. The Morgan fingerprint density at radius 2 is 2.29 bits per heavy atom. The van der Waals surface area contributed by atoms with Gasteiger partial charge in [0.1, 0.15) is 4.60 Å². The van der Waals surface area contributed by atoms with Crippen LogP contribution in [0.1, 0.15) is 24.8 Å². The molecule has 0 atom stereocenters. The molecule has 1 saturated carbocycles. The smallest absolute Gasteiger partial charge is 0.235 e.